The third-order valence-electron chi connectivity index (χ3n) is 5.71. The zero-order valence-corrected chi connectivity index (χ0v) is 19.3. The van der Waals surface area contributed by atoms with Crippen LogP contribution >= 0.6 is 0 Å². The lowest BCUT2D eigenvalue weighted by Gasteiger charge is -2.25. The monoisotopic (exact) mass is 447 g/mol. The van der Waals surface area contributed by atoms with Gasteiger partial charge in [-0.1, -0.05) is 73.7 Å². The molecule has 0 saturated carbocycles. The van der Waals surface area contributed by atoms with E-state index in [2.05, 4.69) is 65.1 Å². The zero-order chi connectivity index (χ0) is 22.6. The van der Waals surface area contributed by atoms with Crippen LogP contribution in [-0.2, 0) is 23.0 Å². The molecular formula is C26H29N3O2S. The maximum atomic E-state index is 11.4. The Morgan fingerprint density at radius 1 is 0.969 bits per heavy atom. The Morgan fingerprint density at radius 2 is 1.66 bits per heavy atom. The summed E-state index contributed by atoms with van der Waals surface area (Å²) in [6.07, 6.45) is 2.89. The zero-order valence-electron chi connectivity index (χ0n) is 18.5. The van der Waals surface area contributed by atoms with Crippen molar-refractivity contribution in [2.24, 2.45) is 4.99 Å². The van der Waals surface area contributed by atoms with E-state index in [1.165, 1.54) is 16.7 Å². The van der Waals surface area contributed by atoms with E-state index in [1.807, 2.05) is 30.3 Å². The number of sulfonamides is 1. The summed E-state index contributed by atoms with van der Waals surface area (Å²) in [7, 11) is -3.26. The van der Waals surface area contributed by atoms with Crippen LogP contribution in [-0.4, -0.2) is 32.0 Å². The summed E-state index contributed by atoms with van der Waals surface area (Å²) in [4.78, 5) is 7.60. The first-order chi connectivity index (χ1) is 15.4. The summed E-state index contributed by atoms with van der Waals surface area (Å²) >= 11 is 0. The summed E-state index contributed by atoms with van der Waals surface area (Å²) in [6.45, 7) is 3.84. The Morgan fingerprint density at radius 3 is 2.34 bits per heavy atom. The molecule has 1 N–H and O–H groups in total. The van der Waals surface area contributed by atoms with Crippen LogP contribution in [0.2, 0.25) is 0 Å². The Labute approximate surface area is 190 Å². The topological polar surface area (TPSA) is 61.8 Å². The molecule has 5 nitrogen and oxygen atoms in total. The molecule has 0 spiro atoms. The van der Waals surface area contributed by atoms with Crippen LogP contribution in [0.1, 0.15) is 41.6 Å². The molecule has 3 aromatic carbocycles. The van der Waals surface area contributed by atoms with Gasteiger partial charge in [0.2, 0.25) is 10.0 Å². The van der Waals surface area contributed by atoms with Gasteiger partial charge in [0.25, 0.3) is 0 Å². The molecule has 4 rings (SSSR count). The molecule has 1 aliphatic rings. The normalized spacial score (nSPS) is 16.1. The van der Waals surface area contributed by atoms with E-state index in [-0.39, 0.29) is 6.04 Å². The van der Waals surface area contributed by atoms with Crippen LogP contribution in [0.15, 0.2) is 83.9 Å². The minimum atomic E-state index is -3.26. The number of amidine groups is 1. The van der Waals surface area contributed by atoms with Crippen molar-refractivity contribution in [3.05, 3.63) is 101 Å². The summed E-state index contributed by atoms with van der Waals surface area (Å²) in [5, 5.41) is 0. The van der Waals surface area contributed by atoms with Gasteiger partial charge in [-0.2, -0.15) is 0 Å². The largest absolute Gasteiger partial charge is 0.356 e. The SMILES string of the molecule is CCC1=NC(c2ccccc2)c2ccccc2CN1CCc1ccc(NS(C)(=O)=O)cc1. The fraction of sp³-hybridized carbons (Fsp3) is 0.269. The van der Waals surface area contributed by atoms with E-state index in [0.717, 1.165) is 43.6 Å². The number of aliphatic imine (C=N–C) groups is 1. The number of rotatable bonds is 7. The number of benzene rings is 3. The van der Waals surface area contributed by atoms with E-state index >= 15 is 0 Å². The first-order valence-electron chi connectivity index (χ1n) is 10.9. The van der Waals surface area contributed by atoms with E-state index in [4.69, 9.17) is 4.99 Å². The Bertz CT molecular complexity index is 1190. The average molecular weight is 448 g/mol. The lowest BCUT2D eigenvalue weighted by atomic mass is 9.95. The minimum Gasteiger partial charge on any atom is -0.356 e. The van der Waals surface area contributed by atoms with Crippen molar-refractivity contribution >= 4 is 21.5 Å². The second-order valence-electron chi connectivity index (χ2n) is 8.15. The fourth-order valence-electron chi connectivity index (χ4n) is 4.17. The number of hydrogen-bond acceptors (Lipinski definition) is 4. The molecule has 166 valence electrons. The van der Waals surface area contributed by atoms with Gasteiger partial charge in [-0.3, -0.25) is 9.71 Å². The van der Waals surface area contributed by atoms with Crippen molar-refractivity contribution in [3.63, 3.8) is 0 Å². The highest BCUT2D eigenvalue weighted by molar-refractivity contribution is 7.92. The van der Waals surface area contributed by atoms with Crippen LogP contribution in [0.5, 0.6) is 0 Å². The number of nitrogens with zero attached hydrogens (tertiary/aromatic N) is 2. The van der Waals surface area contributed by atoms with Gasteiger partial charge in [0.05, 0.1) is 6.26 Å². The molecule has 32 heavy (non-hydrogen) atoms. The molecule has 0 fully saturated rings. The van der Waals surface area contributed by atoms with Crippen LogP contribution in [0.3, 0.4) is 0 Å². The molecular weight excluding hydrogens is 418 g/mol. The summed E-state index contributed by atoms with van der Waals surface area (Å²) in [5.41, 5.74) is 5.53. The summed E-state index contributed by atoms with van der Waals surface area (Å²) in [5.74, 6) is 1.12. The van der Waals surface area contributed by atoms with Crippen molar-refractivity contribution in [1.29, 1.82) is 0 Å². The van der Waals surface area contributed by atoms with Gasteiger partial charge in [0, 0.05) is 25.2 Å². The van der Waals surface area contributed by atoms with E-state index in [9.17, 15) is 8.42 Å². The second kappa shape index (κ2) is 9.57. The van der Waals surface area contributed by atoms with Gasteiger partial charge < -0.3 is 4.90 Å². The summed E-state index contributed by atoms with van der Waals surface area (Å²) < 4.78 is 25.3. The molecule has 0 aliphatic carbocycles. The van der Waals surface area contributed by atoms with E-state index in [0.29, 0.717) is 5.69 Å². The Hall–Kier alpha value is -3.12. The third kappa shape index (κ3) is 5.37. The number of anilines is 1. The molecule has 1 aliphatic heterocycles. The number of nitrogens with one attached hydrogen (secondary N) is 1. The van der Waals surface area contributed by atoms with Gasteiger partial charge in [-0.05, 0) is 40.8 Å². The predicted octanol–water partition coefficient (Wildman–Crippen LogP) is 5.01. The lowest BCUT2D eigenvalue weighted by Crippen LogP contribution is -2.31. The van der Waals surface area contributed by atoms with Crippen LogP contribution in [0.4, 0.5) is 5.69 Å². The number of fused-ring (bicyclic) bond motifs is 1. The van der Waals surface area contributed by atoms with Crippen LogP contribution in [0, 0.1) is 0 Å². The molecule has 6 heteroatoms. The first-order valence-corrected chi connectivity index (χ1v) is 12.8. The molecule has 0 radical (unpaired) electrons. The molecule has 0 amide bonds. The quantitative estimate of drug-likeness (QED) is 0.554. The van der Waals surface area contributed by atoms with Crippen molar-refractivity contribution in [1.82, 2.24) is 4.90 Å². The lowest BCUT2D eigenvalue weighted by molar-refractivity contribution is 0.411. The van der Waals surface area contributed by atoms with Crippen LogP contribution in [0.25, 0.3) is 0 Å². The molecule has 3 aromatic rings. The van der Waals surface area contributed by atoms with Crippen molar-refractivity contribution in [2.75, 3.05) is 17.5 Å². The molecule has 0 aromatic heterocycles. The smallest absolute Gasteiger partial charge is 0.229 e. The van der Waals surface area contributed by atoms with E-state index in [1.54, 1.807) is 0 Å². The fourth-order valence-corrected chi connectivity index (χ4v) is 4.74. The van der Waals surface area contributed by atoms with Crippen molar-refractivity contribution in [2.45, 2.75) is 32.4 Å². The average Bonchev–Trinajstić information content (AvgIpc) is 2.95. The van der Waals surface area contributed by atoms with Gasteiger partial charge in [-0.15, -0.1) is 0 Å². The maximum Gasteiger partial charge on any atom is 0.229 e. The maximum absolute atomic E-state index is 11.4. The van der Waals surface area contributed by atoms with Gasteiger partial charge in [0.1, 0.15) is 11.9 Å². The highest BCUT2D eigenvalue weighted by atomic mass is 32.2. The highest BCUT2D eigenvalue weighted by Crippen LogP contribution is 2.32. The van der Waals surface area contributed by atoms with Crippen LogP contribution < -0.4 is 4.72 Å². The molecule has 1 heterocycles. The second-order valence-corrected chi connectivity index (χ2v) is 9.90. The van der Waals surface area contributed by atoms with Gasteiger partial charge >= 0.3 is 0 Å². The molecule has 1 unspecified atom stereocenters. The van der Waals surface area contributed by atoms with Crippen molar-refractivity contribution < 1.29 is 8.42 Å². The third-order valence-corrected chi connectivity index (χ3v) is 6.32. The van der Waals surface area contributed by atoms with Gasteiger partial charge in [0.15, 0.2) is 0 Å². The Balaban J connectivity index is 1.57. The van der Waals surface area contributed by atoms with E-state index < -0.39 is 10.0 Å². The molecule has 1 atom stereocenters. The van der Waals surface area contributed by atoms with Gasteiger partial charge in [-0.25, -0.2) is 8.42 Å². The Kier molecular flexibility index (Phi) is 6.61. The minimum absolute atomic E-state index is 0.00806. The first kappa shape index (κ1) is 22.1. The predicted molar refractivity (Wildman–Crippen MR) is 131 cm³/mol. The molecule has 0 bridgehead atoms. The highest BCUT2D eigenvalue weighted by Gasteiger charge is 2.24. The summed E-state index contributed by atoms with van der Waals surface area (Å²) in [6, 6.07) is 26.7. The molecule has 0 saturated heterocycles. The van der Waals surface area contributed by atoms with Crippen molar-refractivity contribution in [3.8, 4) is 0 Å². The standard InChI is InChI=1S/C26H29N3O2S/c1-3-25-27-26(21-9-5-4-6-10-21)24-12-8-7-11-22(24)19-29(25)18-17-20-13-15-23(16-14-20)28-32(2,30)31/h4-16,26,28H,3,17-19H2,1-2H3. The number of hydrogen-bond donors (Lipinski definition) is 1.